The zero-order chi connectivity index (χ0) is 20.8. The van der Waals surface area contributed by atoms with Gasteiger partial charge >= 0.3 is 0 Å². The number of rotatable bonds is 8. The molecule has 0 radical (unpaired) electrons. The Labute approximate surface area is 178 Å². The van der Waals surface area contributed by atoms with Crippen LogP contribution >= 0.6 is 11.8 Å². The third kappa shape index (κ3) is 5.15. The number of amides is 1. The molecule has 4 aromatic rings. The highest BCUT2D eigenvalue weighted by Gasteiger charge is 2.11. The van der Waals surface area contributed by atoms with Gasteiger partial charge in [-0.3, -0.25) is 4.79 Å². The maximum atomic E-state index is 12.2. The van der Waals surface area contributed by atoms with E-state index in [0.717, 1.165) is 29.7 Å². The number of thioether (sulfide) groups is 1. The van der Waals surface area contributed by atoms with Crippen molar-refractivity contribution >= 4 is 40.2 Å². The maximum absolute atomic E-state index is 12.2. The molecule has 2 aromatic carbocycles. The maximum Gasteiger partial charge on any atom is 0.236 e. The van der Waals surface area contributed by atoms with Crippen molar-refractivity contribution in [2.75, 3.05) is 22.9 Å². The van der Waals surface area contributed by atoms with Gasteiger partial charge in [-0.15, -0.1) is 0 Å². The number of nitrogens with one attached hydrogen (secondary N) is 2. The van der Waals surface area contributed by atoms with E-state index < -0.39 is 0 Å². The number of hydrogen-bond acceptors (Lipinski definition) is 7. The molecule has 0 fully saturated rings. The van der Waals surface area contributed by atoms with Gasteiger partial charge in [-0.1, -0.05) is 59.4 Å². The fourth-order valence-electron chi connectivity index (χ4n) is 2.96. The van der Waals surface area contributed by atoms with Gasteiger partial charge in [0.1, 0.15) is 11.6 Å². The highest BCUT2D eigenvalue weighted by atomic mass is 32.2. The van der Waals surface area contributed by atoms with Crippen LogP contribution in [0.25, 0.3) is 10.9 Å². The van der Waals surface area contributed by atoms with E-state index >= 15 is 0 Å². The Balaban J connectivity index is 1.43. The fraction of sp³-hybridized carbons (Fsp3) is 0.182. The molecule has 2 aromatic heterocycles. The first-order valence-electron chi connectivity index (χ1n) is 9.58. The molecule has 0 atom stereocenters. The van der Waals surface area contributed by atoms with Crippen molar-refractivity contribution < 1.29 is 9.32 Å². The van der Waals surface area contributed by atoms with Crippen molar-refractivity contribution in [3.63, 3.8) is 0 Å². The second-order valence-electron chi connectivity index (χ2n) is 6.69. The number of fused-ring (bicyclic) bond motifs is 1. The molecular weight excluding hydrogens is 398 g/mol. The Morgan fingerprint density at radius 3 is 2.67 bits per heavy atom. The van der Waals surface area contributed by atoms with E-state index in [2.05, 4.69) is 37.9 Å². The molecule has 1 amide bonds. The van der Waals surface area contributed by atoms with Gasteiger partial charge in [-0.05, 0) is 31.0 Å². The summed E-state index contributed by atoms with van der Waals surface area (Å²) in [6.45, 7) is 2.52. The van der Waals surface area contributed by atoms with Crippen LogP contribution < -0.4 is 10.6 Å². The van der Waals surface area contributed by atoms with E-state index in [1.165, 1.54) is 17.3 Å². The summed E-state index contributed by atoms with van der Waals surface area (Å²) in [6.07, 6.45) is 0.890. The lowest BCUT2D eigenvalue weighted by molar-refractivity contribution is -0.113. The van der Waals surface area contributed by atoms with Crippen LogP contribution in [0.3, 0.4) is 0 Å². The highest BCUT2D eigenvalue weighted by molar-refractivity contribution is 7.99. The van der Waals surface area contributed by atoms with Crippen LogP contribution in [0.1, 0.15) is 11.3 Å². The Hall–Kier alpha value is -3.39. The summed E-state index contributed by atoms with van der Waals surface area (Å²) in [7, 11) is 0. The molecule has 2 heterocycles. The van der Waals surface area contributed by atoms with Gasteiger partial charge < -0.3 is 15.2 Å². The summed E-state index contributed by atoms with van der Waals surface area (Å²) < 4.78 is 4.96. The third-order valence-corrected chi connectivity index (χ3v) is 5.21. The highest BCUT2D eigenvalue weighted by Crippen LogP contribution is 2.24. The Kier molecular flexibility index (Phi) is 6.24. The van der Waals surface area contributed by atoms with Gasteiger partial charge in [-0.25, -0.2) is 9.97 Å². The standard InChI is InChI=1S/C22H21N5O2S/c1-15-13-19(27-29-15)25-20(28)14-30-22-24-18-10-6-5-9-17(18)21(26-22)23-12-11-16-7-3-2-4-8-16/h2-10,13H,11-12,14H2,1H3,(H,23,24,26)(H,25,27,28). The topological polar surface area (TPSA) is 92.9 Å². The largest absolute Gasteiger partial charge is 0.369 e. The van der Waals surface area contributed by atoms with Crippen LogP contribution in [0, 0.1) is 6.92 Å². The normalized spacial score (nSPS) is 10.8. The van der Waals surface area contributed by atoms with E-state index in [0.29, 0.717) is 16.7 Å². The minimum absolute atomic E-state index is 0.174. The molecule has 0 spiro atoms. The molecule has 152 valence electrons. The summed E-state index contributed by atoms with van der Waals surface area (Å²) in [5.74, 6) is 1.80. The minimum Gasteiger partial charge on any atom is -0.369 e. The monoisotopic (exact) mass is 419 g/mol. The number of nitrogens with zero attached hydrogens (tertiary/aromatic N) is 3. The van der Waals surface area contributed by atoms with Crippen molar-refractivity contribution in [3.8, 4) is 0 Å². The molecule has 7 nitrogen and oxygen atoms in total. The van der Waals surface area contributed by atoms with Crippen LogP contribution in [0.15, 0.2) is 70.3 Å². The lowest BCUT2D eigenvalue weighted by Crippen LogP contribution is -2.14. The summed E-state index contributed by atoms with van der Waals surface area (Å²) in [4.78, 5) is 21.4. The molecular formula is C22H21N5O2S. The zero-order valence-corrected chi connectivity index (χ0v) is 17.3. The molecule has 0 saturated carbocycles. The first kappa shape index (κ1) is 19.9. The van der Waals surface area contributed by atoms with Crippen LogP contribution in [0.5, 0.6) is 0 Å². The van der Waals surface area contributed by atoms with Crippen LogP contribution in [0.2, 0.25) is 0 Å². The summed E-state index contributed by atoms with van der Waals surface area (Å²) >= 11 is 1.28. The predicted molar refractivity (Wildman–Crippen MR) is 119 cm³/mol. The van der Waals surface area contributed by atoms with Crippen molar-refractivity contribution in [1.82, 2.24) is 15.1 Å². The molecule has 0 aliphatic carbocycles. The van der Waals surface area contributed by atoms with Gasteiger partial charge in [0.2, 0.25) is 5.91 Å². The minimum atomic E-state index is -0.191. The number of hydrogen-bond donors (Lipinski definition) is 2. The zero-order valence-electron chi connectivity index (χ0n) is 16.5. The van der Waals surface area contributed by atoms with E-state index in [1.807, 2.05) is 42.5 Å². The molecule has 2 N–H and O–H groups in total. The average molecular weight is 420 g/mol. The number of aromatic nitrogens is 3. The number of aryl methyl sites for hydroxylation is 1. The molecule has 0 bridgehead atoms. The van der Waals surface area contributed by atoms with Crippen LogP contribution in [-0.4, -0.2) is 33.3 Å². The van der Waals surface area contributed by atoms with Gasteiger partial charge in [0, 0.05) is 18.0 Å². The van der Waals surface area contributed by atoms with Crippen LogP contribution in [-0.2, 0) is 11.2 Å². The fourth-order valence-corrected chi connectivity index (χ4v) is 3.61. The van der Waals surface area contributed by atoms with Gasteiger partial charge in [0.25, 0.3) is 0 Å². The van der Waals surface area contributed by atoms with E-state index in [-0.39, 0.29) is 11.7 Å². The number of anilines is 2. The van der Waals surface area contributed by atoms with Crippen molar-refractivity contribution in [3.05, 3.63) is 72.0 Å². The Morgan fingerprint density at radius 1 is 1.07 bits per heavy atom. The second-order valence-corrected chi connectivity index (χ2v) is 7.64. The molecule has 0 saturated heterocycles. The number of carbonyl (C=O) groups excluding carboxylic acids is 1. The average Bonchev–Trinajstić information content (AvgIpc) is 3.17. The van der Waals surface area contributed by atoms with Gasteiger partial charge in [0.05, 0.1) is 11.3 Å². The molecule has 0 unspecified atom stereocenters. The van der Waals surface area contributed by atoms with Crippen LogP contribution in [0.4, 0.5) is 11.6 Å². The van der Waals surface area contributed by atoms with E-state index in [1.54, 1.807) is 13.0 Å². The summed E-state index contributed by atoms with van der Waals surface area (Å²) in [6, 6.07) is 19.8. The molecule has 0 aliphatic heterocycles. The molecule has 30 heavy (non-hydrogen) atoms. The first-order chi connectivity index (χ1) is 14.7. The lowest BCUT2D eigenvalue weighted by atomic mass is 10.1. The Morgan fingerprint density at radius 2 is 1.87 bits per heavy atom. The third-order valence-electron chi connectivity index (χ3n) is 4.36. The van der Waals surface area contributed by atoms with Gasteiger partial charge in [0.15, 0.2) is 11.0 Å². The van der Waals surface area contributed by atoms with E-state index in [4.69, 9.17) is 4.52 Å². The Bertz CT molecular complexity index is 1150. The lowest BCUT2D eigenvalue weighted by Gasteiger charge is -2.11. The van der Waals surface area contributed by atoms with Gasteiger partial charge in [-0.2, -0.15) is 0 Å². The molecule has 8 heteroatoms. The number of para-hydroxylation sites is 1. The van der Waals surface area contributed by atoms with Crippen molar-refractivity contribution in [2.45, 2.75) is 18.5 Å². The van der Waals surface area contributed by atoms with Crippen molar-refractivity contribution in [2.24, 2.45) is 0 Å². The molecule has 0 aliphatic rings. The first-order valence-corrected chi connectivity index (χ1v) is 10.6. The second kappa shape index (κ2) is 9.41. The van der Waals surface area contributed by atoms with Crippen molar-refractivity contribution in [1.29, 1.82) is 0 Å². The number of benzene rings is 2. The SMILES string of the molecule is Cc1cc(NC(=O)CSc2nc(NCCc3ccccc3)c3ccccc3n2)no1. The smallest absolute Gasteiger partial charge is 0.236 e. The van der Waals surface area contributed by atoms with E-state index in [9.17, 15) is 4.79 Å². The summed E-state index contributed by atoms with van der Waals surface area (Å²) in [5, 5.41) is 11.4. The molecule has 4 rings (SSSR count). The number of carbonyl (C=O) groups is 1. The predicted octanol–water partition coefficient (Wildman–Crippen LogP) is 4.31. The summed E-state index contributed by atoms with van der Waals surface area (Å²) in [5.41, 5.74) is 2.10. The quantitative estimate of drug-likeness (QED) is 0.325.